The Balaban J connectivity index is 1.90. The first kappa shape index (κ1) is 20.0. The lowest BCUT2D eigenvalue weighted by Crippen LogP contribution is -2.41. The van der Waals surface area contributed by atoms with E-state index in [0.29, 0.717) is 12.0 Å². The fourth-order valence-electron chi connectivity index (χ4n) is 3.03. The second-order valence-electron chi connectivity index (χ2n) is 7.29. The Morgan fingerprint density at radius 2 is 1.29 bits per heavy atom. The topological polar surface area (TPSA) is 35.5 Å². The summed E-state index contributed by atoms with van der Waals surface area (Å²) in [5.41, 5.74) is 0.926. The average molecular weight is 395 g/mol. The van der Waals surface area contributed by atoms with Crippen LogP contribution in [0.4, 0.5) is 0 Å². The van der Waals surface area contributed by atoms with Crippen LogP contribution in [0.15, 0.2) is 84.9 Å². The highest BCUT2D eigenvalue weighted by atomic mass is 35.5. The number of para-hydroxylation sites is 2. The minimum absolute atomic E-state index is 0.450. The van der Waals surface area contributed by atoms with Gasteiger partial charge in [0.15, 0.2) is 0 Å². The molecule has 4 heteroatoms. The molecule has 0 amide bonds. The van der Waals surface area contributed by atoms with Crippen LogP contribution in [0, 0.1) is 5.41 Å². The Hall–Kier alpha value is -2.78. The highest BCUT2D eigenvalue weighted by Crippen LogP contribution is 2.33. The van der Waals surface area contributed by atoms with Gasteiger partial charge in [0.2, 0.25) is 6.29 Å². The summed E-state index contributed by atoms with van der Waals surface area (Å²) in [6, 6.07) is 26.5. The molecule has 0 aromatic heterocycles. The molecule has 3 nitrogen and oxygen atoms in total. The number of hydrogen-bond donors (Lipinski definition) is 0. The SMILES string of the molecule is CC(C)(Cc1ccccc1C(=O)Cl)C(Oc1ccccc1)Oc1ccccc1. The molecule has 3 aromatic rings. The molecule has 0 aliphatic heterocycles. The molecule has 0 radical (unpaired) electrons. The molecule has 28 heavy (non-hydrogen) atoms. The summed E-state index contributed by atoms with van der Waals surface area (Å²) < 4.78 is 12.4. The van der Waals surface area contributed by atoms with Crippen LogP contribution in [0.1, 0.15) is 29.8 Å². The van der Waals surface area contributed by atoms with Gasteiger partial charge >= 0.3 is 0 Å². The fourth-order valence-corrected chi connectivity index (χ4v) is 3.21. The van der Waals surface area contributed by atoms with Gasteiger partial charge in [-0.15, -0.1) is 0 Å². The van der Waals surface area contributed by atoms with Crippen LogP contribution >= 0.6 is 11.6 Å². The molecule has 3 rings (SSSR count). The Labute approximate surface area is 170 Å². The minimum Gasteiger partial charge on any atom is -0.454 e. The van der Waals surface area contributed by atoms with Gasteiger partial charge in [-0.1, -0.05) is 68.4 Å². The Morgan fingerprint density at radius 1 is 0.821 bits per heavy atom. The maximum Gasteiger partial charge on any atom is 0.252 e. The zero-order chi connectivity index (χ0) is 20.0. The van der Waals surface area contributed by atoms with Gasteiger partial charge in [0, 0.05) is 11.0 Å². The van der Waals surface area contributed by atoms with Crippen molar-refractivity contribution in [2.45, 2.75) is 26.6 Å². The van der Waals surface area contributed by atoms with Gasteiger partial charge in [-0.3, -0.25) is 4.79 Å². The summed E-state index contributed by atoms with van der Waals surface area (Å²) in [5.74, 6) is 1.44. The van der Waals surface area contributed by atoms with Crippen molar-refractivity contribution in [3.8, 4) is 11.5 Å². The molecular formula is C24H23ClO3. The molecule has 0 aliphatic rings. The van der Waals surface area contributed by atoms with Crippen LogP contribution in [0.3, 0.4) is 0 Å². The van der Waals surface area contributed by atoms with E-state index in [0.717, 1.165) is 17.1 Å². The molecule has 0 saturated carbocycles. The third-order valence-corrected chi connectivity index (χ3v) is 4.69. The van der Waals surface area contributed by atoms with Crippen molar-refractivity contribution in [2.24, 2.45) is 5.41 Å². The van der Waals surface area contributed by atoms with Crippen LogP contribution in [-0.4, -0.2) is 11.5 Å². The average Bonchev–Trinajstić information content (AvgIpc) is 2.69. The third kappa shape index (κ3) is 5.14. The van der Waals surface area contributed by atoms with Crippen LogP contribution in [0.5, 0.6) is 11.5 Å². The van der Waals surface area contributed by atoms with E-state index >= 15 is 0 Å². The summed E-state index contributed by atoms with van der Waals surface area (Å²) in [6.45, 7) is 4.11. The monoisotopic (exact) mass is 394 g/mol. The third-order valence-electron chi connectivity index (χ3n) is 4.49. The number of rotatable bonds is 8. The van der Waals surface area contributed by atoms with Gasteiger partial charge in [0.25, 0.3) is 5.24 Å². The van der Waals surface area contributed by atoms with Crippen LogP contribution in [-0.2, 0) is 6.42 Å². The summed E-state index contributed by atoms with van der Waals surface area (Å²) >= 11 is 5.77. The van der Waals surface area contributed by atoms with E-state index < -0.39 is 16.9 Å². The molecule has 0 spiro atoms. The predicted molar refractivity (Wildman–Crippen MR) is 112 cm³/mol. The smallest absolute Gasteiger partial charge is 0.252 e. The van der Waals surface area contributed by atoms with E-state index in [1.54, 1.807) is 6.07 Å². The zero-order valence-corrected chi connectivity index (χ0v) is 16.7. The standard InChI is InChI=1S/C24H23ClO3/c1-24(2,17-18-11-9-10-16-21(18)22(25)26)23(27-19-12-5-3-6-13-19)28-20-14-7-4-8-15-20/h3-16,23H,17H2,1-2H3. The van der Waals surface area contributed by atoms with Gasteiger partial charge in [0.1, 0.15) is 11.5 Å². The Morgan fingerprint density at radius 3 is 1.79 bits per heavy atom. The number of halogens is 1. The maximum atomic E-state index is 11.8. The van der Waals surface area contributed by atoms with Crippen LogP contribution in [0.25, 0.3) is 0 Å². The fraction of sp³-hybridized carbons (Fsp3) is 0.208. The lowest BCUT2D eigenvalue weighted by Gasteiger charge is -2.35. The molecule has 3 aromatic carbocycles. The van der Waals surface area contributed by atoms with Crippen molar-refractivity contribution >= 4 is 16.8 Å². The molecule has 0 N–H and O–H groups in total. The summed E-state index contributed by atoms with van der Waals surface area (Å²) in [7, 11) is 0. The number of ether oxygens (including phenoxy) is 2. The molecule has 144 valence electrons. The van der Waals surface area contributed by atoms with Crippen LogP contribution in [0.2, 0.25) is 0 Å². The molecule has 0 bridgehead atoms. The second-order valence-corrected chi connectivity index (χ2v) is 7.63. The number of hydrogen-bond acceptors (Lipinski definition) is 3. The van der Waals surface area contributed by atoms with E-state index in [-0.39, 0.29) is 0 Å². The van der Waals surface area contributed by atoms with Gasteiger partial charge in [-0.05, 0) is 53.9 Å². The Kier molecular flexibility index (Phi) is 6.37. The van der Waals surface area contributed by atoms with Crippen molar-refractivity contribution in [1.82, 2.24) is 0 Å². The van der Waals surface area contributed by atoms with E-state index in [2.05, 4.69) is 13.8 Å². The molecule has 0 aliphatic carbocycles. The molecule has 0 atom stereocenters. The number of benzene rings is 3. The van der Waals surface area contributed by atoms with E-state index in [1.807, 2.05) is 78.9 Å². The normalized spacial score (nSPS) is 11.3. The number of carbonyl (C=O) groups is 1. The van der Waals surface area contributed by atoms with Crippen molar-refractivity contribution < 1.29 is 14.3 Å². The first-order chi connectivity index (χ1) is 13.5. The first-order valence-corrected chi connectivity index (χ1v) is 9.55. The summed E-state index contributed by atoms with van der Waals surface area (Å²) in [5, 5.41) is -0.462. The van der Waals surface area contributed by atoms with E-state index in [4.69, 9.17) is 21.1 Å². The lowest BCUT2D eigenvalue weighted by molar-refractivity contribution is -0.0805. The number of carbonyl (C=O) groups excluding carboxylic acids is 1. The largest absolute Gasteiger partial charge is 0.454 e. The molecule has 0 unspecified atom stereocenters. The maximum absolute atomic E-state index is 11.8. The van der Waals surface area contributed by atoms with Crippen molar-refractivity contribution in [3.63, 3.8) is 0 Å². The molecule has 0 saturated heterocycles. The van der Waals surface area contributed by atoms with Crippen molar-refractivity contribution in [1.29, 1.82) is 0 Å². The second kappa shape index (κ2) is 8.94. The lowest BCUT2D eigenvalue weighted by atomic mass is 9.83. The highest BCUT2D eigenvalue weighted by molar-refractivity contribution is 6.67. The van der Waals surface area contributed by atoms with Crippen molar-refractivity contribution in [2.75, 3.05) is 0 Å². The zero-order valence-electron chi connectivity index (χ0n) is 16.0. The predicted octanol–water partition coefficient (Wildman–Crippen LogP) is 6.12. The Bertz CT molecular complexity index is 866. The molecule has 0 fully saturated rings. The van der Waals surface area contributed by atoms with Crippen molar-refractivity contribution in [3.05, 3.63) is 96.1 Å². The van der Waals surface area contributed by atoms with Gasteiger partial charge in [-0.2, -0.15) is 0 Å². The highest BCUT2D eigenvalue weighted by Gasteiger charge is 2.35. The summed E-state index contributed by atoms with van der Waals surface area (Å²) in [4.78, 5) is 11.8. The van der Waals surface area contributed by atoms with Gasteiger partial charge in [-0.25, -0.2) is 0 Å². The van der Waals surface area contributed by atoms with Gasteiger partial charge in [0.05, 0.1) is 0 Å². The summed E-state index contributed by atoms with van der Waals surface area (Å²) in [6.07, 6.45) is -0.0119. The molecule has 0 heterocycles. The van der Waals surface area contributed by atoms with Crippen LogP contribution < -0.4 is 9.47 Å². The van der Waals surface area contributed by atoms with E-state index in [9.17, 15) is 4.79 Å². The quantitative estimate of drug-likeness (QED) is 0.341. The van der Waals surface area contributed by atoms with E-state index in [1.165, 1.54) is 0 Å². The first-order valence-electron chi connectivity index (χ1n) is 9.17. The van der Waals surface area contributed by atoms with Gasteiger partial charge < -0.3 is 9.47 Å². The molecular weight excluding hydrogens is 372 g/mol. The minimum atomic E-state index is -0.573.